The highest BCUT2D eigenvalue weighted by Gasteiger charge is 2.32. The summed E-state index contributed by atoms with van der Waals surface area (Å²) < 4.78 is 28.8. The fourth-order valence-corrected chi connectivity index (χ4v) is 5.65. The average Bonchev–Trinajstić information content (AvgIpc) is 2.89. The normalized spacial score (nSPS) is 12.9. The van der Waals surface area contributed by atoms with Crippen molar-refractivity contribution in [3.05, 3.63) is 94.5 Å². The van der Waals surface area contributed by atoms with E-state index in [1.54, 1.807) is 55.5 Å². The lowest BCUT2D eigenvalue weighted by molar-refractivity contribution is -0.139. The van der Waals surface area contributed by atoms with Crippen molar-refractivity contribution in [2.75, 3.05) is 10.8 Å². The van der Waals surface area contributed by atoms with E-state index in [4.69, 9.17) is 11.6 Å². The molecule has 9 heteroatoms. The number of halogens is 1. The number of carbonyl (C=O) groups is 2. The van der Waals surface area contributed by atoms with Gasteiger partial charge in [-0.15, -0.1) is 0 Å². The number of aryl methyl sites for hydroxylation is 2. The second-order valence-corrected chi connectivity index (χ2v) is 12.1. The van der Waals surface area contributed by atoms with Gasteiger partial charge in [0.25, 0.3) is 10.0 Å². The summed E-state index contributed by atoms with van der Waals surface area (Å²) >= 11 is 6.19. The maximum atomic E-state index is 13.9. The first-order valence-electron chi connectivity index (χ1n) is 12.9. The molecule has 39 heavy (non-hydrogen) atoms. The van der Waals surface area contributed by atoms with Crippen LogP contribution in [0.15, 0.2) is 77.7 Å². The minimum absolute atomic E-state index is 0.0752. The van der Waals surface area contributed by atoms with E-state index in [1.807, 2.05) is 39.8 Å². The van der Waals surface area contributed by atoms with Gasteiger partial charge >= 0.3 is 0 Å². The van der Waals surface area contributed by atoms with Gasteiger partial charge in [-0.25, -0.2) is 8.42 Å². The van der Waals surface area contributed by atoms with Gasteiger partial charge in [0.1, 0.15) is 12.6 Å². The lowest BCUT2D eigenvalue weighted by atomic mass is 10.1. The minimum atomic E-state index is -4.10. The number of rotatable bonds is 11. The quantitative estimate of drug-likeness (QED) is 0.331. The van der Waals surface area contributed by atoms with Gasteiger partial charge in [0.05, 0.1) is 10.6 Å². The molecular weight excluding hydrogens is 534 g/mol. The topological polar surface area (TPSA) is 86.8 Å². The molecule has 0 aliphatic rings. The Morgan fingerprint density at radius 1 is 0.923 bits per heavy atom. The Hall–Kier alpha value is -3.36. The molecule has 0 saturated heterocycles. The van der Waals surface area contributed by atoms with Crippen molar-refractivity contribution in [1.29, 1.82) is 0 Å². The highest BCUT2D eigenvalue weighted by Crippen LogP contribution is 2.26. The molecule has 2 atom stereocenters. The Bertz CT molecular complexity index is 1410. The molecule has 0 fully saturated rings. The van der Waals surface area contributed by atoms with E-state index < -0.39 is 28.5 Å². The highest BCUT2D eigenvalue weighted by molar-refractivity contribution is 7.92. The molecule has 2 amide bonds. The first kappa shape index (κ1) is 30.2. The number of hydrogen-bond acceptors (Lipinski definition) is 4. The Balaban J connectivity index is 2.03. The van der Waals surface area contributed by atoms with E-state index in [1.165, 1.54) is 17.0 Å². The lowest BCUT2D eigenvalue weighted by Gasteiger charge is -2.32. The van der Waals surface area contributed by atoms with Crippen LogP contribution in [0, 0.1) is 13.8 Å². The maximum Gasteiger partial charge on any atom is 0.264 e. The van der Waals surface area contributed by atoms with Crippen LogP contribution in [0.3, 0.4) is 0 Å². The summed E-state index contributed by atoms with van der Waals surface area (Å²) in [5.74, 6) is -0.831. The van der Waals surface area contributed by atoms with Gasteiger partial charge in [0.15, 0.2) is 0 Å². The van der Waals surface area contributed by atoms with Crippen LogP contribution in [0.2, 0.25) is 5.02 Å². The first-order valence-corrected chi connectivity index (χ1v) is 14.7. The van der Waals surface area contributed by atoms with Crippen molar-refractivity contribution < 1.29 is 18.0 Å². The lowest BCUT2D eigenvalue weighted by Crippen LogP contribution is -2.52. The number of nitrogens with one attached hydrogen (secondary N) is 1. The van der Waals surface area contributed by atoms with E-state index in [0.29, 0.717) is 10.7 Å². The Morgan fingerprint density at radius 2 is 1.59 bits per heavy atom. The van der Waals surface area contributed by atoms with Crippen molar-refractivity contribution >= 4 is 39.1 Å². The van der Waals surface area contributed by atoms with Crippen LogP contribution in [0.1, 0.15) is 43.9 Å². The van der Waals surface area contributed by atoms with E-state index in [2.05, 4.69) is 5.32 Å². The van der Waals surface area contributed by atoms with Gasteiger partial charge in [0.2, 0.25) is 11.8 Å². The van der Waals surface area contributed by atoms with Crippen molar-refractivity contribution in [3.8, 4) is 0 Å². The van der Waals surface area contributed by atoms with Gasteiger partial charge in [0, 0.05) is 17.6 Å². The average molecular weight is 570 g/mol. The van der Waals surface area contributed by atoms with Gasteiger partial charge in [-0.3, -0.25) is 13.9 Å². The molecule has 0 heterocycles. The number of hydrogen-bond donors (Lipinski definition) is 1. The minimum Gasteiger partial charge on any atom is -0.352 e. The standard InChI is InChI=1S/C30H36ClN3O4S/c1-6-23(4)32-30(36)24(5)33(19-25-10-8-11-26(31)18-25)29(35)20-34(27-12-7-9-22(3)17-27)39(37,38)28-15-13-21(2)14-16-28/h7-18,23-24H,6,19-20H2,1-5H3,(H,32,36). The van der Waals surface area contributed by atoms with Crippen LogP contribution < -0.4 is 9.62 Å². The Labute approximate surface area is 236 Å². The molecule has 208 valence electrons. The summed E-state index contributed by atoms with van der Waals surface area (Å²) in [7, 11) is -4.10. The number of benzene rings is 3. The molecule has 7 nitrogen and oxygen atoms in total. The summed E-state index contributed by atoms with van der Waals surface area (Å²) in [5, 5.41) is 3.42. The third-order valence-electron chi connectivity index (χ3n) is 6.59. The van der Waals surface area contributed by atoms with E-state index in [0.717, 1.165) is 27.4 Å². The first-order chi connectivity index (χ1) is 18.4. The monoisotopic (exact) mass is 569 g/mol. The third-order valence-corrected chi connectivity index (χ3v) is 8.61. The number of nitrogens with zero attached hydrogens (tertiary/aromatic N) is 2. The molecule has 3 aromatic rings. The van der Waals surface area contributed by atoms with Crippen LogP contribution in [0.5, 0.6) is 0 Å². The molecule has 3 aromatic carbocycles. The molecule has 0 aliphatic carbocycles. The van der Waals surface area contributed by atoms with E-state index >= 15 is 0 Å². The second kappa shape index (κ2) is 13.1. The van der Waals surface area contributed by atoms with Gasteiger partial charge < -0.3 is 10.2 Å². The second-order valence-electron chi connectivity index (χ2n) is 9.81. The molecule has 0 saturated carbocycles. The summed E-state index contributed by atoms with van der Waals surface area (Å²) in [6, 6.07) is 19.6. The molecule has 0 bridgehead atoms. The summed E-state index contributed by atoms with van der Waals surface area (Å²) in [5.41, 5.74) is 2.85. The SMILES string of the molecule is CCC(C)NC(=O)C(C)N(Cc1cccc(Cl)c1)C(=O)CN(c1cccc(C)c1)S(=O)(=O)c1ccc(C)cc1. The predicted octanol–water partition coefficient (Wildman–Crippen LogP) is 5.48. The van der Waals surface area contributed by atoms with Crippen molar-refractivity contribution in [2.45, 2.75) is 64.6 Å². The van der Waals surface area contributed by atoms with Crippen LogP contribution in [-0.4, -0.2) is 43.8 Å². The third kappa shape index (κ3) is 7.83. The van der Waals surface area contributed by atoms with E-state index in [-0.39, 0.29) is 23.4 Å². The van der Waals surface area contributed by atoms with Crippen LogP contribution >= 0.6 is 11.6 Å². The molecule has 0 spiro atoms. The molecule has 0 aromatic heterocycles. The number of carbonyl (C=O) groups excluding carboxylic acids is 2. The van der Waals surface area contributed by atoms with Gasteiger partial charge in [-0.1, -0.05) is 60.5 Å². The Morgan fingerprint density at radius 3 is 2.21 bits per heavy atom. The largest absolute Gasteiger partial charge is 0.352 e. The molecule has 2 unspecified atom stereocenters. The molecule has 1 N–H and O–H groups in total. The van der Waals surface area contributed by atoms with Crippen LogP contribution in [-0.2, 0) is 26.2 Å². The summed E-state index contributed by atoms with van der Waals surface area (Å²) in [4.78, 5) is 28.5. The smallest absolute Gasteiger partial charge is 0.264 e. The molecular formula is C30H36ClN3O4S. The van der Waals surface area contributed by atoms with Gasteiger partial charge in [-0.2, -0.15) is 0 Å². The van der Waals surface area contributed by atoms with Crippen LogP contribution in [0.25, 0.3) is 0 Å². The van der Waals surface area contributed by atoms with E-state index in [9.17, 15) is 18.0 Å². The number of sulfonamides is 1. The zero-order chi connectivity index (χ0) is 28.7. The molecule has 0 radical (unpaired) electrons. The number of anilines is 1. The van der Waals surface area contributed by atoms with Gasteiger partial charge in [-0.05, 0) is 81.6 Å². The van der Waals surface area contributed by atoms with Crippen molar-refractivity contribution in [1.82, 2.24) is 10.2 Å². The zero-order valence-corrected chi connectivity index (χ0v) is 24.6. The molecule has 3 rings (SSSR count). The highest BCUT2D eigenvalue weighted by atomic mass is 35.5. The Kier molecular flexibility index (Phi) is 10.2. The fourth-order valence-electron chi connectivity index (χ4n) is 4.03. The van der Waals surface area contributed by atoms with Crippen molar-refractivity contribution in [3.63, 3.8) is 0 Å². The van der Waals surface area contributed by atoms with Crippen molar-refractivity contribution in [2.24, 2.45) is 0 Å². The molecule has 0 aliphatic heterocycles. The maximum absolute atomic E-state index is 13.9. The fraction of sp³-hybridized carbons (Fsp3) is 0.333. The summed E-state index contributed by atoms with van der Waals surface area (Å²) in [6.07, 6.45) is 0.733. The summed E-state index contributed by atoms with van der Waals surface area (Å²) in [6.45, 7) is 8.82. The zero-order valence-electron chi connectivity index (χ0n) is 23.0. The van der Waals surface area contributed by atoms with Crippen LogP contribution in [0.4, 0.5) is 5.69 Å². The number of amides is 2. The predicted molar refractivity (Wildman–Crippen MR) is 156 cm³/mol.